The van der Waals surface area contributed by atoms with E-state index in [4.69, 9.17) is 6.57 Å². The van der Waals surface area contributed by atoms with E-state index in [9.17, 15) is 14.7 Å². The third-order valence-electron chi connectivity index (χ3n) is 4.40. The van der Waals surface area contributed by atoms with Crippen LogP contribution in [0.5, 0.6) is 0 Å². The second-order valence-corrected chi connectivity index (χ2v) is 5.73. The number of carbonyl (C=O) groups excluding carboxylic acids is 1. The molecule has 4 nitrogen and oxygen atoms in total. The summed E-state index contributed by atoms with van der Waals surface area (Å²) < 4.78 is 0. The summed E-state index contributed by atoms with van der Waals surface area (Å²) in [7, 11) is 0. The highest BCUT2D eigenvalue weighted by molar-refractivity contribution is 5.87. The molecule has 1 aromatic carbocycles. The Balaban J connectivity index is 2.77. The van der Waals surface area contributed by atoms with E-state index in [0.717, 1.165) is 11.1 Å². The van der Waals surface area contributed by atoms with Gasteiger partial charge in [0.15, 0.2) is 0 Å². The smallest absolute Gasteiger partial charge is 0.310 e. The number of carbonyl (C=O) groups is 2. The molecule has 118 valence electrons. The molecule has 22 heavy (non-hydrogen) atoms. The molecule has 0 spiro atoms. The van der Waals surface area contributed by atoms with Gasteiger partial charge in [0.2, 0.25) is 6.04 Å². The van der Waals surface area contributed by atoms with Crippen LogP contribution in [0.25, 0.3) is 4.85 Å². The van der Waals surface area contributed by atoms with Gasteiger partial charge in [-0.2, -0.15) is 0 Å². The molecule has 0 aliphatic rings. The number of carboxylic acids is 1. The van der Waals surface area contributed by atoms with Crippen LogP contribution in [0.1, 0.15) is 57.2 Å². The van der Waals surface area contributed by atoms with E-state index in [1.165, 1.54) is 0 Å². The van der Waals surface area contributed by atoms with Crippen molar-refractivity contribution in [1.29, 1.82) is 0 Å². The SMILES string of the molecule is [C-]#[N+]C(C)c1ccc(CC(=O)CC(CC)(CC)C(=O)O)cc1. The molecular weight excluding hydrogens is 278 g/mol. The lowest BCUT2D eigenvalue weighted by Gasteiger charge is -2.25. The Morgan fingerprint density at radius 3 is 2.18 bits per heavy atom. The van der Waals surface area contributed by atoms with Crippen molar-refractivity contribution in [2.45, 2.75) is 52.5 Å². The van der Waals surface area contributed by atoms with E-state index in [1.54, 1.807) is 0 Å². The van der Waals surface area contributed by atoms with E-state index >= 15 is 0 Å². The van der Waals surface area contributed by atoms with Gasteiger partial charge in [-0.1, -0.05) is 38.1 Å². The Kier molecular flexibility index (Phi) is 6.30. The van der Waals surface area contributed by atoms with Crippen LogP contribution >= 0.6 is 0 Å². The van der Waals surface area contributed by atoms with Gasteiger partial charge in [0.25, 0.3) is 0 Å². The van der Waals surface area contributed by atoms with Gasteiger partial charge in [-0.3, -0.25) is 9.59 Å². The number of Topliss-reactive ketones (excluding diaryl/α,β-unsaturated/α-hetero) is 1. The van der Waals surface area contributed by atoms with Crippen LogP contribution in [-0.2, 0) is 16.0 Å². The van der Waals surface area contributed by atoms with Crippen LogP contribution < -0.4 is 0 Å². The van der Waals surface area contributed by atoms with Crippen molar-refractivity contribution in [1.82, 2.24) is 0 Å². The third kappa shape index (κ3) is 4.17. The summed E-state index contributed by atoms with van der Waals surface area (Å²) in [5, 5.41) is 9.38. The standard InChI is InChI=1S/C18H23NO3/c1-5-18(6-2,17(21)22)12-16(20)11-14-7-9-15(10-8-14)13(3)19-4/h7-10,13H,5-6,11-12H2,1-3H3,(H,21,22). The molecule has 0 aliphatic heterocycles. The van der Waals surface area contributed by atoms with Crippen LogP contribution in [0.15, 0.2) is 24.3 Å². The molecule has 1 N–H and O–H groups in total. The van der Waals surface area contributed by atoms with Crippen LogP contribution in [0.3, 0.4) is 0 Å². The maximum atomic E-state index is 12.2. The third-order valence-corrected chi connectivity index (χ3v) is 4.40. The molecule has 1 atom stereocenters. The normalized spacial score (nSPS) is 12.5. The first-order valence-electron chi connectivity index (χ1n) is 7.59. The van der Waals surface area contributed by atoms with Crippen molar-refractivity contribution in [3.05, 3.63) is 46.8 Å². The van der Waals surface area contributed by atoms with E-state index in [0.29, 0.717) is 12.8 Å². The van der Waals surface area contributed by atoms with Gasteiger partial charge in [-0.15, -0.1) is 0 Å². The first kappa shape index (κ1) is 17.9. The van der Waals surface area contributed by atoms with Gasteiger partial charge in [-0.05, 0) is 18.4 Å². The number of nitrogens with zero attached hydrogens (tertiary/aromatic N) is 1. The van der Waals surface area contributed by atoms with Gasteiger partial charge in [0, 0.05) is 25.3 Å². The monoisotopic (exact) mass is 301 g/mol. The second-order valence-electron chi connectivity index (χ2n) is 5.73. The van der Waals surface area contributed by atoms with Gasteiger partial charge in [-0.25, -0.2) is 6.57 Å². The first-order valence-corrected chi connectivity index (χ1v) is 7.59. The zero-order valence-electron chi connectivity index (χ0n) is 13.4. The summed E-state index contributed by atoms with van der Waals surface area (Å²) in [5.74, 6) is -0.954. The maximum absolute atomic E-state index is 12.2. The molecule has 0 bridgehead atoms. The fourth-order valence-electron chi connectivity index (χ4n) is 2.53. The Labute approximate surface area is 132 Å². The molecule has 0 saturated heterocycles. The van der Waals surface area contributed by atoms with Crippen LogP contribution in [-0.4, -0.2) is 16.9 Å². The summed E-state index contributed by atoms with van der Waals surface area (Å²) in [6.07, 6.45) is 1.20. The second kappa shape index (κ2) is 7.74. The Hall–Kier alpha value is -2.15. The minimum absolute atomic E-state index is 0.0583. The number of rotatable bonds is 8. The van der Waals surface area contributed by atoms with Gasteiger partial charge < -0.3 is 9.95 Å². The molecular formula is C18H23NO3. The van der Waals surface area contributed by atoms with E-state index in [-0.39, 0.29) is 24.7 Å². The van der Waals surface area contributed by atoms with Crippen LogP contribution in [0, 0.1) is 12.0 Å². The molecule has 0 amide bonds. The summed E-state index contributed by atoms with van der Waals surface area (Å²) >= 11 is 0. The molecule has 0 fully saturated rings. The molecule has 0 saturated carbocycles. The molecule has 4 heteroatoms. The molecule has 0 heterocycles. The molecule has 1 rings (SSSR count). The quantitative estimate of drug-likeness (QED) is 0.737. The Morgan fingerprint density at radius 2 is 1.77 bits per heavy atom. The van der Waals surface area contributed by atoms with Gasteiger partial charge in [0.05, 0.1) is 5.41 Å². The lowest BCUT2D eigenvalue weighted by Crippen LogP contribution is -2.32. The van der Waals surface area contributed by atoms with Crippen molar-refractivity contribution in [3.8, 4) is 0 Å². The number of ketones is 1. The summed E-state index contributed by atoms with van der Waals surface area (Å²) in [6.45, 7) is 12.5. The average molecular weight is 301 g/mol. The maximum Gasteiger partial charge on any atom is 0.310 e. The summed E-state index contributed by atoms with van der Waals surface area (Å²) in [6, 6.07) is 7.21. The van der Waals surface area contributed by atoms with Crippen LogP contribution in [0.2, 0.25) is 0 Å². The number of hydrogen-bond donors (Lipinski definition) is 1. The topological polar surface area (TPSA) is 58.7 Å². The lowest BCUT2D eigenvalue weighted by atomic mass is 9.77. The zero-order chi connectivity index (χ0) is 16.8. The van der Waals surface area contributed by atoms with E-state index in [2.05, 4.69) is 4.85 Å². The molecule has 1 unspecified atom stereocenters. The average Bonchev–Trinajstić information content (AvgIpc) is 2.52. The van der Waals surface area contributed by atoms with Crippen molar-refractivity contribution >= 4 is 11.8 Å². The molecule has 0 radical (unpaired) electrons. The molecule has 0 aromatic heterocycles. The fraction of sp³-hybridized carbons (Fsp3) is 0.500. The van der Waals surface area contributed by atoms with Gasteiger partial charge in [0.1, 0.15) is 5.78 Å². The predicted molar refractivity (Wildman–Crippen MR) is 85.4 cm³/mol. The minimum Gasteiger partial charge on any atom is -0.481 e. The highest BCUT2D eigenvalue weighted by Gasteiger charge is 2.36. The van der Waals surface area contributed by atoms with E-state index in [1.807, 2.05) is 45.0 Å². The van der Waals surface area contributed by atoms with Gasteiger partial charge >= 0.3 is 5.97 Å². The Bertz CT molecular complexity index is 565. The highest BCUT2D eigenvalue weighted by atomic mass is 16.4. The van der Waals surface area contributed by atoms with Crippen molar-refractivity contribution in [2.24, 2.45) is 5.41 Å². The minimum atomic E-state index is -0.949. The van der Waals surface area contributed by atoms with Crippen LogP contribution in [0.4, 0.5) is 0 Å². The highest BCUT2D eigenvalue weighted by Crippen LogP contribution is 2.31. The number of carboxylic acid groups (broad SMARTS) is 1. The number of hydrogen-bond acceptors (Lipinski definition) is 2. The Morgan fingerprint density at radius 1 is 1.23 bits per heavy atom. The predicted octanol–water partition coefficient (Wildman–Crippen LogP) is 4.06. The van der Waals surface area contributed by atoms with Crippen molar-refractivity contribution < 1.29 is 14.7 Å². The summed E-state index contributed by atoms with van der Waals surface area (Å²) in [5.41, 5.74) is 0.834. The molecule has 0 aliphatic carbocycles. The number of aliphatic carboxylic acids is 1. The van der Waals surface area contributed by atoms with Crippen molar-refractivity contribution in [2.75, 3.05) is 0 Å². The van der Waals surface area contributed by atoms with E-state index < -0.39 is 11.4 Å². The molecule has 1 aromatic rings. The largest absolute Gasteiger partial charge is 0.481 e. The summed E-state index contributed by atoms with van der Waals surface area (Å²) in [4.78, 5) is 27.1. The fourth-order valence-corrected chi connectivity index (χ4v) is 2.53. The zero-order valence-corrected chi connectivity index (χ0v) is 13.4. The van der Waals surface area contributed by atoms with Crippen molar-refractivity contribution in [3.63, 3.8) is 0 Å². The first-order chi connectivity index (χ1) is 10.4. The lowest BCUT2D eigenvalue weighted by molar-refractivity contribution is -0.152. The number of benzene rings is 1.